The molecule has 1 aliphatic rings. The standard InChI is InChI=1S/C18H25N3OS2/c1-5-6-15(22)20-17(23)21-16-13(10-19)12-8-7-11(18(2,3)4)9-14(12)24-16/h11H,5-9H2,1-4H3,(H2,20,21,22,23)/t11-/m1/s1. The number of rotatable bonds is 3. The van der Waals surface area contributed by atoms with Crippen molar-refractivity contribution in [1.82, 2.24) is 5.32 Å². The van der Waals surface area contributed by atoms with E-state index >= 15 is 0 Å². The van der Waals surface area contributed by atoms with Crippen molar-refractivity contribution in [3.8, 4) is 6.07 Å². The Labute approximate surface area is 153 Å². The summed E-state index contributed by atoms with van der Waals surface area (Å²) < 4.78 is 0. The molecule has 1 aromatic rings. The first-order valence-corrected chi connectivity index (χ1v) is 9.64. The fourth-order valence-electron chi connectivity index (χ4n) is 3.08. The summed E-state index contributed by atoms with van der Waals surface area (Å²) in [6, 6.07) is 2.32. The zero-order chi connectivity index (χ0) is 17.9. The fraction of sp³-hybridized carbons (Fsp3) is 0.611. The minimum absolute atomic E-state index is 0.0948. The number of nitrogens with zero attached hydrogens (tertiary/aromatic N) is 1. The number of carbonyl (C=O) groups excluding carboxylic acids is 1. The van der Waals surface area contributed by atoms with Crippen molar-refractivity contribution in [2.75, 3.05) is 5.32 Å². The Hall–Kier alpha value is -1.45. The Morgan fingerprint density at radius 1 is 1.46 bits per heavy atom. The summed E-state index contributed by atoms with van der Waals surface area (Å²) in [5.41, 5.74) is 2.12. The Balaban J connectivity index is 2.16. The van der Waals surface area contributed by atoms with Gasteiger partial charge in [0.05, 0.1) is 5.56 Å². The molecule has 0 unspecified atom stereocenters. The van der Waals surface area contributed by atoms with Crippen LogP contribution in [-0.4, -0.2) is 11.0 Å². The number of amides is 1. The number of carbonyl (C=O) groups is 1. The number of fused-ring (bicyclic) bond motifs is 1. The van der Waals surface area contributed by atoms with E-state index in [9.17, 15) is 10.1 Å². The molecule has 4 nitrogen and oxygen atoms in total. The molecule has 1 amide bonds. The van der Waals surface area contributed by atoms with Crippen LogP contribution in [0.1, 0.15) is 63.0 Å². The lowest BCUT2D eigenvalue weighted by atomic mass is 9.72. The molecule has 0 aliphatic heterocycles. The van der Waals surface area contributed by atoms with Crippen LogP contribution in [0.5, 0.6) is 0 Å². The Morgan fingerprint density at radius 2 is 2.17 bits per heavy atom. The molecule has 2 N–H and O–H groups in total. The van der Waals surface area contributed by atoms with E-state index in [4.69, 9.17) is 12.2 Å². The van der Waals surface area contributed by atoms with Crippen molar-refractivity contribution >= 4 is 39.6 Å². The third-order valence-corrected chi connectivity index (χ3v) is 5.93. The summed E-state index contributed by atoms with van der Waals surface area (Å²) in [5, 5.41) is 16.3. The van der Waals surface area contributed by atoms with E-state index in [1.54, 1.807) is 11.3 Å². The van der Waals surface area contributed by atoms with Crippen molar-refractivity contribution < 1.29 is 4.79 Å². The van der Waals surface area contributed by atoms with Gasteiger partial charge in [-0.2, -0.15) is 5.26 Å². The molecular weight excluding hydrogens is 338 g/mol. The zero-order valence-corrected chi connectivity index (χ0v) is 16.4. The predicted molar refractivity (Wildman–Crippen MR) is 103 cm³/mol. The number of thiophene rings is 1. The molecule has 0 aromatic carbocycles. The van der Waals surface area contributed by atoms with E-state index < -0.39 is 0 Å². The first-order valence-electron chi connectivity index (χ1n) is 8.41. The Kier molecular flexibility index (Phi) is 6.00. The number of thiocarbonyl (C=S) groups is 1. The van der Waals surface area contributed by atoms with E-state index in [2.05, 4.69) is 37.5 Å². The highest BCUT2D eigenvalue weighted by atomic mass is 32.1. The van der Waals surface area contributed by atoms with E-state index in [1.165, 1.54) is 4.88 Å². The quantitative estimate of drug-likeness (QED) is 0.782. The first kappa shape index (κ1) is 18.9. The van der Waals surface area contributed by atoms with Crippen LogP contribution in [0.2, 0.25) is 0 Å². The molecule has 1 aromatic heterocycles. The molecule has 0 fully saturated rings. The van der Waals surface area contributed by atoms with E-state index in [0.717, 1.165) is 36.2 Å². The highest BCUT2D eigenvalue weighted by Gasteiger charge is 2.32. The summed E-state index contributed by atoms with van der Waals surface area (Å²) in [4.78, 5) is 12.9. The molecular formula is C18H25N3OS2. The molecule has 0 spiro atoms. The lowest BCUT2D eigenvalue weighted by molar-refractivity contribution is -0.119. The predicted octanol–water partition coefficient (Wildman–Crippen LogP) is 4.38. The summed E-state index contributed by atoms with van der Waals surface area (Å²) in [7, 11) is 0. The summed E-state index contributed by atoms with van der Waals surface area (Å²) >= 11 is 6.81. The van der Waals surface area contributed by atoms with Crippen molar-refractivity contribution in [2.24, 2.45) is 11.3 Å². The van der Waals surface area contributed by atoms with Crippen molar-refractivity contribution in [3.63, 3.8) is 0 Å². The van der Waals surface area contributed by atoms with Gasteiger partial charge >= 0.3 is 0 Å². The van der Waals surface area contributed by atoms with Crippen LogP contribution in [0.25, 0.3) is 0 Å². The largest absolute Gasteiger partial charge is 0.323 e. The fourth-order valence-corrected chi connectivity index (χ4v) is 4.64. The third-order valence-electron chi connectivity index (χ3n) is 4.56. The van der Waals surface area contributed by atoms with Crippen LogP contribution in [0.4, 0.5) is 5.00 Å². The normalized spacial score (nSPS) is 16.9. The van der Waals surface area contributed by atoms with Crippen LogP contribution >= 0.6 is 23.6 Å². The van der Waals surface area contributed by atoms with Gasteiger partial charge in [0.1, 0.15) is 11.1 Å². The van der Waals surface area contributed by atoms with Gasteiger partial charge in [-0.1, -0.05) is 27.7 Å². The van der Waals surface area contributed by atoms with Crippen LogP contribution in [-0.2, 0) is 17.6 Å². The number of nitrogens with one attached hydrogen (secondary N) is 2. The Bertz CT molecular complexity index is 680. The maximum Gasteiger partial charge on any atom is 0.226 e. The number of hydrogen-bond donors (Lipinski definition) is 2. The monoisotopic (exact) mass is 363 g/mol. The highest BCUT2D eigenvalue weighted by Crippen LogP contribution is 2.43. The molecule has 0 bridgehead atoms. The van der Waals surface area contributed by atoms with Crippen molar-refractivity contribution in [2.45, 2.75) is 59.8 Å². The van der Waals surface area contributed by atoms with Gasteiger partial charge in [0.2, 0.25) is 5.91 Å². The molecule has 0 saturated carbocycles. The lowest BCUT2D eigenvalue weighted by Gasteiger charge is -2.33. The molecule has 6 heteroatoms. The number of anilines is 1. The molecule has 0 radical (unpaired) electrons. The first-order chi connectivity index (χ1) is 11.3. The van der Waals surface area contributed by atoms with E-state index in [1.807, 2.05) is 6.92 Å². The highest BCUT2D eigenvalue weighted by molar-refractivity contribution is 7.80. The molecule has 1 aliphatic carbocycles. The molecule has 1 atom stereocenters. The smallest absolute Gasteiger partial charge is 0.226 e. The maximum atomic E-state index is 11.6. The second-order valence-electron chi connectivity index (χ2n) is 7.38. The van der Waals surface area contributed by atoms with Gasteiger partial charge < -0.3 is 10.6 Å². The van der Waals surface area contributed by atoms with Crippen LogP contribution in [0.15, 0.2) is 0 Å². The summed E-state index contributed by atoms with van der Waals surface area (Å²) in [5.74, 6) is 0.530. The van der Waals surface area contributed by atoms with E-state index in [0.29, 0.717) is 17.9 Å². The van der Waals surface area contributed by atoms with Crippen molar-refractivity contribution in [1.29, 1.82) is 5.26 Å². The minimum Gasteiger partial charge on any atom is -0.323 e. The Morgan fingerprint density at radius 3 is 2.75 bits per heavy atom. The van der Waals surface area contributed by atoms with Gasteiger partial charge in [0.25, 0.3) is 0 Å². The van der Waals surface area contributed by atoms with Gasteiger partial charge in [-0.3, -0.25) is 4.79 Å². The third kappa shape index (κ3) is 4.34. The molecule has 0 saturated heterocycles. The van der Waals surface area contributed by atoms with Gasteiger partial charge in [-0.15, -0.1) is 11.3 Å². The van der Waals surface area contributed by atoms with Crippen LogP contribution < -0.4 is 10.6 Å². The lowest BCUT2D eigenvalue weighted by Crippen LogP contribution is -2.33. The molecule has 130 valence electrons. The van der Waals surface area contributed by atoms with Gasteiger partial charge in [-0.05, 0) is 54.8 Å². The van der Waals surface area contributed by atoms with Gasteiger partial charge in [0.15, 0.2) is 5.11 Å². The summed E-state index contributed by atoms with van der Waals surface area (Å²) in [6.07, 6.45) is 4.28. The second kappa shape index (κ2) is 7.62. The SMILES string of the molecule is CCCC(=O)NC(=S)Nc1sc2c(c1C#N)CC[C@@H](C(C)(C)C)C2. The average molecular weight is 364 g/mol. The van der Waals surface area contributed by atoms with Crippen LogP contribution in [0.3, 0.4) is 0 Å². The number of nitriles is 1. The second-order valence-corrected chi connectivity index (χ2v) is 8.89. The van der Waals surface area contributed by atoms with Crippen LogP contribution in [0, 0.1) is 22.7 Å². The zero-order valence-electron chi connectivity index (χ0n) is 14.8. The average Bonchev–Trinajstić information content (AvgIpc) is 2.82. The minimum atomic E-state index is -0.0948. The van der Waals surface area contributed by atoms with Gasteiger partial charge in [0, 0.05) is 11.3 Å². The van der Waals surface area contributed by atoms with Gasteiger partial charge in [-0.25, -0.2) is 0 Å². The number of hydrogen-bond acceptors (Lipinski definition) is 4. The topological polar surface area (TPSA) is 64.9 Å². The molecule has 2 rings (SSSR count). The maximum absolute atomic E-state index is 11.6. The van der Waals surface area contributed by atoms with Crippen molar-refractivity contribution in [3.05, 3.63) is 16.0 Å². The van der Waals surface area contributed by atoms with E-state index in [-0.39, 0.29) is 16.4 Å². The summed E-state index contributed by atoms with van der Waals surface area (Å²) in [6.45, 7) is 8.78. The molecule has 1 heterocycles. The molecule has 24 heavy (non-hydrogen) atoms.